The molecule has 0 aliphatic heterocycles. The molecule has 2 aromatic heterocycles. The second-order valence-corrected chi connectivity index (χ2v) is 6.98. The number of nitrogen functional groups attached to an aromatic ring is 1. The van der Waals surface area contributed by atoms with E-state index >= 15 is 0 Å². The summed E-state index contributed by atoms with van der Waals surface area (Å²) in [7, 11) is 0. The van der Waals surface area contributed by atoms with Gasteiger partial charge in [-0.1, -0.05) is 35.0 Å². The minimum absolute atomic E-state index is 0.149. The molecule has 0 spiro atoms. The first-order chi connectivity index (χ1) is 12.5. The Hall–Kier alpha value is -2.16. The van der Waals surface area contributed by atoms with E-state index in [4.69, 9.17) is 33.4 Å². The van der Waals surface area contributed by atoms with Gasteiger partial charge in [0.15, 0.2) is 16.7 Å². The lowest BCUT2D eigenvalue weighted by atomic mass is 10.3. The zero-order chi connectivity index (χ0) is 18.7. The number of nitrogens with one attached hydrogen (secondary N) is 1. The molecule has 1 amide bonds. The Morgan fingerprint density at radius 1 is 1.35 bits per heavy atom. The van der Waals surface area contributed by atoms with Gasteiger partial charge in [0, 0.05) is 12.2 Å². The van der Waals surface area contributed by atoms with E-state index in [1.807, 2.05) is 17.6 Å². The lowest BCUT2D eigenvalue weighted by Gasteiger charge is -2.09. The molecule has 136 valence electrons. The number of nitrogens with zero attached hydrogens (tertiary/aromatic N) is 3. The molecule has 0 radical (unpaired) electrons. The maximum atomic E-state index is 12.2. The monoisotopic (exact) mass is 411 g/mol. The lowest BCUT2D eigenvalue weighted by Crippen LogP contribution is -2.14. The fraction of sp³-hybridized carbons (Fsp3) is 0.188. The van der Waals surface area contributed by atoms with Crippen LogP contribution in [0, 0.1) is 0 Å². The van der Waals surface area contributed by atoms with Crippen molar-refractivity contribution < 1.29 is 9.21 Å². The van der Waals surface area contributed by atoms with Crippen molar-refractivity contribution in [2.75, 3.05) is 16.8 Å². The Balaban J connectivity index is 1.67. The van der Waals surface area contributed by atoms with Gasteiger partial charge in [-0.15, -0.1) is 10.2 Å². The van der Waals surface area contributed by atoms with E-state index in [-0.39, 0.29) is 27.4 Å². The largest absolute Gasteiger partial charge is 0.461 e. The number of carbonyl (C=O) groups is 1. The molecule has 0 saturated heterocycles. The van der Waals surface area contributed by atoms with Gasteiger partial charge in [-0.25, -0.2) is 0 Å². The van der Waals surface area contributed by atoms with Crippen molar-refractivity contribution in [2.24, 2.45) is 0 Å². The van der Waals surface area contributed by atoms with Crippen molar-refractivity contribution >= 4 is 52.2 Å². The fourth-order valence-electron chi connectivity index (χ4n) is 2.25. The highest BCUT2D eigenvalue weighted by atomic mass is 35.5. The third kappa shape index (κ3) is 3.98. The van der Waals surface area contributed by atoms with Crippen LogP contribution < -0.4 is 11.1 Å². The average Bonchev–Trinajstić information content (AvgIpc) is 3.26. The highest BCUT2D eigenvalue weighted by Crippen LogP contribution is 2.31. The van der Waals surface area contributed by atoms with Gasteiger partial charge in [-0.3, -0.25) is 9.36 Å². The van der Waals surface area contributed by atoms with Crippen molar-refractivity contribution in [1.82, 2.24) is 14.8 Å². The summed E-state index contributed by atoms with van der Waals surface area (Å²) in [6.45, 7) is 2.62. The van der Waals surface area contributed by atoms with Crippen LogP contribution in [0.25, 0.3) is 11.6 Å². The summed E-state index contributed by atoms with van der Waals surface area (Å²) >= 11 is 13.2. The van der Waals surface area contributed by atoms with Crippen LogP contribution >= 0.6 is 35.0 Å². The highest BCUT2D eigenvalue weighted by Gasteiger charge is 2.16. The summed E-state index contributed by atoms with van der Waals surface area (Å²) in [5.74, 6) is 1.17. The Labute approximate surface area is 163 Å². The zero-order valence-electron chi connectivity index (χ0n) is 13.7. The predicted molar refractivity (Wildman–Crippen MR) is 104 cm³/mol. The first-order valence-corrected chi connectivity index (χ1v) is 9.38. The van der Waals surface area contributed by atoms with Crippen molar-refractivity contribution in [3.63, 3.8) is 0 Å². The van der Waals surface area contributed by atoms with Crippen molar-refractivity contribution in [1.29, 1.82) is 0 Å². The van der Waals surface area contributed by atoms with Gasteiger partial charge >= 0.3 is 0 Å². The summed E-state index contributed by atoms with van der Waals surface area (Å²) in [6.07, 6.45) is 1.58. The third-order valence-corrected chi connectivity index (χ3v) is 5.06. The number of halogens is 2. The van der Waals surface area contributed by atoms with Gasteiger partial charge in [0.1, 0.15) is 0 Å². The number of rotatable bonds is 6. The number of anilines is 2. The number of aromatic nitrogens is 3. The van der Waals surface area contributed by atoms with Crippen LogP contribution in [0.15, 0.2) is 40.1 Å². The average molecular weight is 412 g/mol. The summed E-state index contributed by atoms with van der Waals surface area (Å²) in [5.41, 5.74) is 6.44. The topological polar surface area (TPSA) is 99.0 Å². The molecule has 0 aliphatic rings. The number of benzene rings is 1. The highest BCUT2D eigenvalue weighted by molar-refractivity contribution is 7.99. The Morgan fingerprint density at radius 2 is 2.08 bits per heavy atom. The van der Waals surface area contributed by atoms with Crippen molar-refractivity contribution in [3.05, 3.63) is 40.6 Å². The maximum Gasteiger partial charge on any atom is 0.234 e. The van der Waals surface area contributed by atoms with Crippen LogP contribution in [-0.4, -0.2) is 26.4 Å². The van der Waals surface area contributed by atoms with Gasteiger partial charge in [-0.2, -0.15) is 0 Å². The number of nitrogens with two attached hydrogens (primary N) is 1. The van der Waals surface area contributed by atoms with Crippen LogP contribution in [0.4, 0.5) is 11.4 Å². The molecule has 0 fully saturated rings. The molecule has 3 rings (SSSR count). The van der Waals surface area contributed by atoms with Crippen LogP contribution in [0.5, 0.6) is 0 Å². The second-order valence-electron chi connectivity index (χ2n) is 5.22. The number of amides is 1. The number of carbonyl (C=O) groups excluding carboxylic acids is 1. The number of furan rings is 1. The SMILES string of the molecule is CCn1c(SCC(=O)Nc2cc(Cl)c(N)c(Cl)c2)nnc1-c1ccco1. The molecule has 0 saturated carbocycles. The minimum Gasteiger partial charge on any atom is -0.461 e. The van der Waals surface area contributed by atoms with Crippen LogP contribution in [-0.2, 0) is 11.3 Å². The molecular weight excluding hydrogens is 397 g/mol. The minimum atomic E-state index is -0.225. The van der Waals surface area contributed by atoms with E-state index in [0.717, 1.165) is 0 Å². The van der Waals surface area contributed by atoms with Gasteiger partial charge in [0.2, 0.25) is 5.91 Å². The van der Waals surface area contributed by atoms with E-state index in [0.29, 0.717) is 29.0 Å². The first kappa shape index (κ1) is 18.6. The molecule has 3 N–H and O–H groups in total. The quantitative estimate of drug-likeness (QED) is 0.466. The van der Waals surface area contributed by atoms with Gasteiger partial charge in [0.05, 0.1) is 27.7 Å². The summed E-state index contributed by atoms with van der Waals surface area (Å²) in [4.78, 5) is 12.2. The van der Waals surface area contributed by atoms with E-state index in [9.17, 15) is 4.79 Å². The Morgan fingerprint density at radius 3 is 2.69 bits per heavy atom. The molecule has 1 aromatic carbocycles. The molecular formula is C16H15Cl2N5O2S. The van der Waals surface area contributed by atoms with E-state index in [1.165, 1.54) is 11.8 Å². The summed E-state index contributed by atoms with van der Waals surface area (Å²) in [6, 6.07) is 6.70. The molecule has 0 bridgehead atoms. The normalized spacial score (nSPS) is 10.9. The van der Waals surface area contributed by atoms with E-state index in [2.05, 4.69) is 15.5 Å². The number of hydrogen-bond acceptors (Lipinski definition) is 6. The van der Waals surface area contributed by atoms with Gasteiger partial charge in [-0.05, 0) is 31.2 Å². The lowest BCUT2D eigenvalue weighted by molar-refractivity contribution is -0.113. The molecule has 10 heteroatoms. The standard InChI is InChI=1S/C16H15Cl2N5O2S/c1-2-23-15(12-4-3-5-25-12)21-22-16(23)26-8-13(24)20-9-6-10(17)14(19)11(18)7-9/h3-7H,2,8,19H2,1H3,(H,20,24). The van der Waals surface area contributed by atoms with Gasteiger partial charge < -0.3 is 15.5 Å². The molecule has 0 atom stereocenters. The summed E-state index contributed by atoms with van der Waals surface area (Å²) in [5, 5.41) is 12.2. The Kier molecular flexibility index (Phi) is 5.75. The van der Waals surface area contributed by atoms with Crippen molar-refractivity contribution in [2.45, 2.75) is 18.6 Å². The van der Waals surface area contributed by atoms with Crippen LogP contribution in [0.1, 0.15) is 6.92 Å². The smallest absolute Gasteiger partial charge is 0.234 e. The second kappa shape index (κ2) is 8.03. The molecule has 2 heterocycles. The molecule has 7 nitrogen and oxygen atoms in total. The molecule has 0 aliphatic carbocycles. The van der Waals surface area contributed by atoms with E-state index in [1.54, 1.807) is 24.5 Å². The van der Waals surface area contributed by atoms with Gasteiger partial charge in [0.25, 0.3) is 0 Å². The Bertz CT molecular complexity index is 904. The van der Waals surface area contributed by atoms with E-state index < -0.39 is 0 Å². The summed E-state index contributed by atoms with van der Waals surface area (Å²) < 4.78 is 7.25. The fourth-order valence-corrected chi connectivity index (χ4v) is 3.54. The predicted octanol–water partition coefficient (Wildman–Crippen LogP) is 4.18. The van der Waals surface area contributed by atoms with Crippen molar-refractivity contribution in [3.8, 4) is 11.6 Å². The maximum absolute atomic E-state index is 12.2. The zero-order valence-corrected chi connectivity index (χ0v) is 16.0. The number of hydrogen-bond donors (Lipinski definition) is 2. The molecule has 26 heavy (non-hydrogen) atoms. The van der Waals surface area contributed by atoms with Crippen LogP contribution in [0.2, 0.25) is 10.0 Å². The third-order valence-electron chi connectivity index (χ3n) is 3.47. The first-order valence-electron chi connectivity index (χ1n) is 7.63. The molecule has 0 unspecified atom stereocenters. The van der Waals surface area contributed by atoms with Crippen LogP contribution in [0.3, 0.4) is 0 Å². The number of thioether (sulfide) groups is 1. The molecule has 3 aromatic rings.